The van der Waals surface area contributed by atoms with Crippen molar-refractivity contribution in [2.24, 2.45) is 5.92 Å². The number of sulfonamides is 1. The van der Waals surface area contributed by atoms with Crippen LogP contribution in [0.25, 0.3) is 0 Å². The smallest absolute Gasteiger partial charge is 0.225 e. The van der Waals surface area contributed by atoms with Crippen molar-refractivity contribution in [3.8, 4) is 0 Å². The summed E-state index contributed by atoms with van der Waals surface area (Å²) in [6, 6.07) is 0.313. The van der Waals surface area contributed by atoms with Gasteiger partial charge in [-0.1, -0.05) is 58.3 Å². The van der Waals surface area contributed by atoms with Crippen LogP contribution < -0.4 is 4.72 Å². The van der Waals surface area contributed by atoms with Crippen molar-refractivity contribution in [2.45, 2.75) is 115 Å². The van der Waals surface area contributed by atoms with E-state index in [-0.39, 0.29) is 23.8 Å². The molecule has 0 aromatic carbocycles. The summed E-state index contributed by atoms with van der Waals surface area (Å²) in [4.78, 5) is 14.7. The number of carbonyl (C=O) groups is 1. The molecule has 2 aliphatic rings. The third-order valence-electron chi connectivity index (χ3n) is 6.66. The number of nitrogens with zero attached hydrogens (tertiary/aromatic N) is 1. The lowest BCUT2D eigenvalue weighted by atomic mass is 9.86. The van der Waals surface area contributed by atoms with Crippen LogP contribution in [0.2, 0.25) is 0 Å². The van der Waals surface area contributed by atoms with E-state index in [1.165, 1.54) is 38.5 Å². The van der Waals surface area contributed by atoms with Crippen LogP contribution in [-0.4, -0.2) is 44.1 Å². The van der Waals surface area contributed by atoms with E-state index in [0.29, 0.717) is 5.91 Å². The fourth-order valence-electron chi connectivity index (χ4n) is 4.78. The summed E-state index contributed by atoms with van der Waals surface area (Å²) in [6.45, 7) is 2.19. The van der Waals surface area contributed by atoms with Gasteiger partial charge < -0.3 is 4.90 Å². The molecule has 6 heteroatoms. The van der Waals surface area contributed by atoms with E-state index in [2.05, 4.69) is 11.6 Å². The molecule has 0 heterocycles. The third kappa shape index (κ3) is 8.02. The van der Waals surface area contributed by atoms with Crippen molar-refractivity contribution in [1.29, 1.82) is 0 Å². The molecule has 28 heavy (non-hydrogen) atoms. The molecule has 0 radical (unpaired) electrons. The predicted molar refractivity (Wildman–Crippen MR) is 116 cm³/mol. The molecule has 2 aliphatic carbocycles. The van der Waals surface area contributed by atoms with Gasteiger partial charge in [-0.15, -0.1) is 0 Å². The molecule has 0 aromatic rings. The van der Waals surface area contributed by atoms with Crippen LogP contribution >= 0.6 is 0 Å². The molecule has 0 bridgehead atoms. The van der Waals surface area contributed by atoms with Gasteiger partial charge in [-0.2, -0.15) is 0 Å². The zero-order valence-corrected chi connectivity index (χ0v) is 18.9. The maximum Gasteiger partial charge on any atom is 0.225 e. The summed E-state index contributed by atoms with van der Waals surface area (Å²) in [6.07, 6.45) is 15.7. The second kappa shape index (κ2) is 12.2. The number of amides is 1. The number of nitrogens with one attached hydrogen (secondary N) is 1. The van der Waals surface area contributed by atoms with Crippen LogP contribution in [0.5, 0.6) is 0 Å². The molecule has 2 fully saturated rings. The first-order valence-electron chi connectivity index (χ1n) is 11.7. The van der Waals surface area contributed by atoms with E-state index in [9.17, 15) is 13.2 Å². The van der Waals surface area contributed by atoms with Crippen molar-refractivity contribution in [1.82, 2.24) is 9.62 Å². The summed E-state index contributed by atoms with van der Waals surface area (Å²) >= 11 is 0. The third-order valence-corrected chi connectivity index (χ3v) is 8.18. The molecule has 0 atom stereocenters. The number of unbranched alkanes of at least 4 members (excludes halogenated alkanes) is 5. The molecule has 0 unspecified atom stereocenters. The van der Waals surface area contributed by atoms with Crippen LogP contribution in [-0.2, 0) is 14.8 Å². The van der Waals surface area contributed by atoms with Gasteiger partial charge in [0.05, 0.1) is 5.75 Å². The van der Waals surface area contributed by atoms with E-state index >= 15 is 0 Å². The largest absolute Gasteiger partial charge is 0.343 e. The molecular weight excluding hydrogens is 372 g/mol. The van der Waals surface area contributed by atoms with E-state index in [1.54, 1.807) is 0 Å². The number of hydrogen-bond donors (Lipinski definition) is 1. The van der Waals surface area contributed by atoms with Crippen molar-refractivity contribution in [3.63, 3.8) is 0 Å². The highest BCUT2D eigenvalue weighted by Gasteiger charge is 2.31. The molecular formula is C22H42N2O3S. The van der Waals surface area contributed by atoms with Crippen LogP contribution in [0.15, 0.2) is 0 Å². The minimum atomic E-state index is -3.18. The van der Waals surface area contributed by atoms with Crippen LogP contribution in [0.4, 0.5) is 0 Å². The topological polar surface area (TPSA) is 66.5 Å². The Kier molecular flexibility index (Phi) is 10.3. The van der Waals surface area contributed by atoms with Gasteiger partial charge >= 0.3 is 0 Å². The highest BCUT2D eigenvalue weighted by molar-refractivity contribution is 7.89. The summed E-state index contributed by atoms with van der Waals surface area (Å²) in [5.74, 6) is 0.776. The van der Waals surface area contributed by atoms with Gasteiger partial charge in [0, 0.05) is 25.0 Å². The SMILES string of the molecule is CCCCCCCCS(=O)(=O)NC1CCC(N(C)C(=O)C2CCCCC2)CC1. The fraction of sp³-hybridized carbons (Fsp3) is 0.955. The average Bonchev–Trinajstić information content (AvgIpc) is 2.70. The second-order valence-electron chi connectivity index (χ2n) is 8.99. The van der Waals surface area contributed by atoms with E-state index < -0.39 is 10.0 Å². The van der Waals surface area contributed by atoms with Gasteiger partial charge in [-0.3, -0.25) is 4.79 Å². The van der Waals surface area contributed by atoms with Crippen molar-refractivity contribution < 1.29 is 13.2 Å². The Bertz CT molecular complexity index is 550. The average molecular weight is 415 g/mol. The van der Waals surface area contributed by atoms with Crippen molar-refractivity contribution >= 4 is 15.9 Å². The van der Waals surface area contributed by atoms with Crippen LogP contribution in [0, 0.1) is 5.92 Å². The molecule has 1 N–H and O–H groups in total. The Balaban J connectivity index is 1.67. The minimum Gasteiger partial charge on any atom is -0.343 e. The quantitative estimate of drug-likeness (QED) is 0.502. The summed E-state index contributed by atoms with van der Waals surface area (Å²) in [5, 5.41) is 0. The maximum atomic E-state index is 12.7. The lowest BCUT2D eigenvalue weighted by Gasteiger charge is -2.37. The van der Waals surface area contributed by atoms with E-state index in [4.69, 9.17) is 0 Å². The van der Waals surface area contributed by atoms with Crippen molar-refractivity contribution in [2.75, 3.05) is 12.8 Å². The molecule has 2 rings (SSSR count). The Labute approximate surface area is 173 Å². The van der Waals surface area contributed by atoms with Gasteiger partial charge in [0.25, 0.3) is 0 Å². The Morgan fingerprint density at radius 1 is 0.893 bits per heavy atom. The number of rotatable bonds is 11. The fourth-order valence-corrected chi connectivity index (χ4v) is 6.23. The highest BCUT2D eigenvalue weighted by atomic mass is 32.2. The molecule has 5 nitrogen and oxygen atoms in total. The molecule has 0 aromatic heterocycles. The second-order valence-corrected chi connectivity index (χ2v) is 10.9. The molecule has 2 saturated carbocycles. The molecule has 164 valence electrons. The molecule has 0 spiro atoms. The van der Waals surface area contributed by atoms with E-state index in [0.717, 1.165) is 57.8 Å². The number of carbonyl (C=O) groups excluding carboxylic acids is 1. The first kappa shape index (κ1) is 23.7. The van der Waals surface area contributed by atoms with Gasteiger partial charge in [-0.05, 0) is 44.9 Å². The molecule has 0 aliphatic heterocycles. The van der Waals surface area contributed by atoms with Gasteiger partial charge in [0.1, 0.15) is 0 Å². The van der Waals surface area contributed by atoms with Gasteiger partial charge in [-0.25, -0.2) is 13.1 Å². The van der Waals surface area contributed by atoms with Crippen molar-refractivity contribution in [3.05, 3.63) is 0 Å². The van der Waals surface area contributed by atoms with E-state index in [1.807, 2.05) is 11.9 Å². The molecule has 0 saturated heterocycles. The first-order valence-corrected chi connectivity index (χ1v) is 13.3. The lowest BCUT2D eigenvalue weighted by Crippen LogP contribution is -2.46. The maximum absolute atomic E-state index is 12.7. The van der Waals surface area contributed by atoms with Crippen LogP contribution in [0.1, 0.15) is 103 Å². The standard InChI is InChI=1S/C22H42N2O3S/c1-3-4-5-6-7-11-18-28(26,27)23-20-14-16-21(17-15-20)24(2)22(25)19-12-9-8-10-13-19/h19-21,23H,3-18H2,1-2H3. The minimum absolute atomic E-state index is 0.0412. The Morgan fingerprint density at radius 3 is 2.14 bits per heavy atom. The highest BCUT2D eigenvalue weighted by Crippen LogP contribution is 2.29. The molecule has 1 amide bonds. The Hall–Kier alpha value is -0.620. The predicted octanol–water partition coefficient (Wildman–Crippen LogP) is 4.62. The van der Waals surface area contributed by atoms with Crippen LogP contribution in [0.3, 0.4) is 0 Å². The monoisotopic (exact) mass is 414 g/mol. The zero-order valence-electron chi connectivity index (χ0n) is 18.1. The first-order chi connectivity index (χ1) is 13.4. The Morgan fingerprint density at radius 2 is 1.50 bits per heavy atom. The van der Waals surface area contributed by atoms with Gasteiger partial charge in [0.2, 0.25) is 15.9 Å². The zero-order chi connectivity index (χ0) is 20.4. The summed E-state index contributed by atoms with van der Waals surface area (Å²) in [7, 11) is -1.23. The summed E-state index contributed by atoms with van der Waals surface area (Å²) in [5.41, 5.74) is 0. The summed E-state index contributed by atoms with van der Waals surface area (Å²) < 4.78 is 27.6. The van der Waals surface area contributed by atoms with Gasteiger partial charge in [0.15, 0.2) is 0 Å². The normalized spacial score (nSPS) is 24.2. The lowest BCUT2D eigenvalue weighted by molar-refractivity contribution is -0.138. The number of hydrogen-bond acceptors (Lipinski definition) is 3.